The number of nitrogens with one attached hydrogen (secondary N) is 1. The third-order valence-corrected chi connectivity index (χ3v) is 2.65. The van der Waals surface area contributed by atoms with Gasteiger partial charge in [0.15, 0.2) is 0 Å². The Kier molecular flexibility index (Phi) is 4.07. The maximum Gasteiger partial charge on any atom is 0.124 e. The van der Waals surface area contributed by atoms with Crippen LogP contribution in [0.4, 0.5) is 4.39 Å². The van der Waals surface area contributed by atoms with Crippen LogP contribution in [-0.4, -0.2) is 7.05 Å². The van der Waals surface area contributed by atoms with Crippen LogP contribution in [0.1, 0.15) is 36.5 Å². The lowest BCUT2D eigenvalue weighted by Gasteiger charge is -2.18. The number of benzene rings is 1. The Bertz CT molecular complexity index is 397. The lowest BCUT2D eigenvalue weighted by atomic mass is 9.90. The monoisotopic (exact) mass is 222 g/mol. The van der Waals surface area contributed by atoms with E-state index < -0.39 is 0 Å². The predicted octanol–water partition coefficient (Wildman–Crippen LogP) is 2.60. The molecule has 1 rings (SSSR count). The average Bonchev–Trinajstić information content (AvgIpc) is 2.26. The standard InChI is InChI=1S/C13H19FN2/c1-8(2)13-10(7-15)5-11(14)6-12(13)9(3)16-4/h5-6,8,16H,3,7,15H2,1-2,4H3. The van der Waals surface area contributed by atoms with Crippen molar-refractivity contribution in [2.24, 2.45) is 5.73 Å². The molecule has 0 bridgehead atoms. The van der Waals surface area contributed by atoms with Crippen molar-refractivity contribution in [3.8, 4) is 0 Å². The highest BCUT2D eigenvalue weighted by molar-refractivity contribution is 5.66. The van der Waals surface area contributed by atoms with E-state index in [1.807, 2.05) is 0 Å². The summed E-state index contributed by atoms with van der Waals surface area (Å²) in [6, 6.07) is 3.01. The summed E-state index contributed by atoms with van der Waals surface area (Å²) in [4.78, 5) is 0. The fraction of sp³-hybridized carbons (Fsp3) is 0.385. The molecule has 0 heterocycles. The number of hydrogen-bond acceptors (Lipinski definition) is 2. The van der Waals surface area contributed by atoms with Gasteiger partial charge in [0.05, 0.1) is 0 Å². The van der Waals surface area contributed by atoms with Crippen molar-refractivity contribution in [3.05, 3.63) is 41.2 Å². The highest BCUT2D eigenvalue weighted by Crippen LogP contribution is 2.28. The molecular formula is C13H19FN2. The van der Waals surface area contributed by atoms with Crippen LogP contribution >= 0.6 is 0 Å². The molecule has 0 fully saturated rings. The van der Waals surface area contributed by atoms with E-state index in [0.29, 0.717) is 12.5 Å². The first-order valence-corrected chi connectivity index (χ1v) is 5.40. The van der Waals surface area contributed by atoms with E-state index in [1.165, 1.54) is 12.1 Å². The summed E-state index contributed by atoms with van der Waals surface area (Å²) in [7, 11) is 1.78. The van der Waals surface area contributed by atoms with Gasteiger partial charge in [0.25, 0.3) is 0 Å². The Morgan fingerprint density at radius 1 is 1.50 bits per heavy atom. The second kappa shape index (κ2) is 5.12. The molecule has 2 nitrogen and oxygen atoms in total. The number of hydrogen-bond donors (Lipinski definition) is 2. The molecule has 0 aliphatic rings. The lowest BCUT2D eigenvalue weighted by molar-refractivity contribution is 0.622. The summed E-state index contributed by atoms with van der Waals surface area (Å²) in [5.74, 6) is 0.0236. The average molecular weight is 222 g/mol. The highest BCUT2D eigenvalue weighted by atomic mass is 19.1. The largest absolute Gasteiger partial charge is 0.388 e. The Morgan fingerprint density at radius 2 is 2.12 bits per heavy atom. The van der Waals surface area contributed by atoms with Gasteiger partial charge < -0.3 is 11.1 Å². The summed E-state index contributed by atoms with van der Waals surface area (Å²) in [6.07, 6.45) is 0. The van der Waals surface area contributed by atoms with Crippen molar-refractivity contribution in [1.82, 2.24) is 5.32 Å². The zero-order chi connectivity index (χ0) is 12.3. The number of rotatable bonds is 4. The van der Waals surface area contributed by atoms with Gasteiger partial charge in [0.2, 0.25) is 0 Å². The quantitative estimate of drug-likeness (QED) is 0.821. The molecule has 0 saturated heterocycles. The third kappa shape index (κ3) is 2.42. The molecule has 1 aromatic carbocycles. The van der Waals surface area contributed by atoms with Crippen LogP contribution in [-0.2, 0) is 6.54 Å². The summed E-state index contributed by atoms with van der Waals surface area (Å²) in [5.41, 5.74) is 9.11. The Balaban J connectivity index is 3.44. The normalized spacial score (nSPS) is 10.6. The van der Waals surface area contributed by atoms with Crippen molar-refractivity contribution in [3.63, 3.8) is 0 Å². The molecule has 0 atom stereocenters. The van der Waals surface area contributed by atoms with Crippen LogP contribution in [0.3, 0.4) is 0 Å². The molecule has 88 valence electrons. The second-order valence-corrected chi connectivity index (χ2v) is 4.11. The van der Waals surface area contributed by atoms with Gasteiger partial charge in [0, 0.05) is 24.9 Å². The van der Waals surface area contributed by atoms with Crippen molar-refractivity contribution in [2.45, 2.75) is 26.3 Å². The van der Waals surface area contributed by atoms with Crippen LogP contribution in [0.15, 0.2) is 18.7 Å². The van der Waals surface area contributed by atoms with Crippen LogP contribution in [0.25, 0.3) is 5.70 Å². The molecule has 0 radical (unpaired) electrons. The smallest absolute Gasteiger partial charge is 0.124 e. The van der Waals surface area contributed by atoms with E-state index >= 15 is 0 Å². The Morgan fingerprint density at radius 3 is 2.56 bits per heavy atom. The van der Waals surface area contributed by atoms with E-state index in [-0.39, 0.29) is 5.82 Å². The van der Waals surface area contributed by atoms with Crippen LogP contribution in [0.2, 0.25) is 0 Å². The predicted molar refractivity (Wildman–Crippen MR) is 66.5 cm³/mol. The van der Waals surface area contributed by atoms with Crippen molar-refractivity contribution >= 4 is 5.70 Å². The Labute approximate surface area is 96.4 Å². The molecule has 0 spiro atoms. The van der Waals surface area contributed by atoms with Gasteiger partial charge in [0.1, 0.15) is 5.82 Å². The van der Waals surface area contributed by atoms with Gasteiger partial charge in [-0.3, -0.25) is 0 Å². The molecule has 0 aliphatic heterocycles. The van der Waals surface area contributed by atoms with Crippen LogP contribution < -0.4 is 11.1 Å². The first kappa shape index (κ1) is 12.7. The first-order chi connectivity index (χ1) is 7.51. The molecule has 0 aromatic heterocycles. The van der Waals surface area contributed by atoms with Gasteiger partial charge >= 0.3 is 0 Å². The minimum Gasteiger partial charge on any atom is -0.388 e. The van der Waals surface area contributed by atoms with Gasteiger partial charge in [-0.05, 0) is 29.2 Å². The topological polar surface area (TPSA) is 38.0 Å². The second-order valence-electron chi connectivity index (χ2n) is 4.11. The maximum atomic E-state index is 13.4. The first-order valence-electron chi connectivity index (χ1n) is 5.40. The summed E-state index contributed by atoms with van der Waals surface area (Å²) in [6.45, 7) is 8.36. The van der Waals surface area contributed by atoms with Gasteiger partial charge in [-0.25, -0.2) is 4.39 Å². The molecule has 0 unspecified atom stereocenters. The summed E-state index contributed by atoms with van der Waals surface area (Å²) >= 11 is 0. The molecule has 16 heavy (non-hydrogen) atoms. The molecule has 3 N–H and O–H groups in total. The van der Waals surface area contributed by atoms with E-state index in [0.717, 1.165) is 22.4 Å². The zero-order valence-electron chi connectivity index (χ0n) is 10.1. The van der Waals surface area contributed by atoms with Crippen LogP contribution in [0.5, 0.6) is 0 Å². The Hall–Kier alpha value is -1.35. The van der Waals surface area contributed by atoms with Gasteiger partial charge in [-0.1, -0.05) is 20.4 Å². The van der Waals surface area contributed by atoms with Crippen molar-refractivity contribution in [1.29, 1.82) is 0 Å². The van der Waals surface area contributed by atoms with E-state index in [1.54, 1.807) is 7.05 Å². The van der Waals surface area contributed by atoms with E-state index in [4.69, 9.17) is 5.73 Å². The van der Waals surface area contributed by atoms with E-state index in [9.17, 15) is 4.39 Å². The molecule has 3 heteroatoms. The summed E-state index contributed by atoms with van der Waals surface area (Å²) < 4.78 is 13.4. The highest BCUT2D eigenvalue weighted by Gasteiger charge is 2.14. The number of halogens is 1. The zero-order valence-corrected chi connectivity index (χ0v) is 10.1. The van der Waals surface area contributed by atoms with Gasteiger partial charge in [-0.15, -0.1) is 0 Å². The lowest BCUT2D eigenvalue weighted by Crippen LogP contribution is -2.11. The van der Waals surface area contributed by atoms with Crippen molar-refractivity contribution < 1.29 is 4.39 Å². The minimum atomic E-state index is -0.267. The summed E-state index contributed by atoms with van der Waals surface area (Å²) in [5, 5.41) is 2.95. The fourth-order valence-electron chi connectivity index (χ4n) is 1.91. The molecule has 0 aliphatic carbocycles. The van der Waals surface area contributed by atoms with E-state index in [2.05, 4.69) is 25.7 Å². The minimum absolute atomic E-state index is 0.267. The molecule has 0 saturated carbocycles. The molecule has 0 amide bonds. The SMILES string of the molecule is C=C(NC)c1cc(F)cc(CN)c1C(C)C. The molecule has 1 aromatic rings. The number of nitrogens with two attached hydrogens (primary N) is 1. The maximum absolute atomic E-state index is 13.4. The third-order valence-electron chi connectivity index (χ3n) is 2.65. The van der Waals surface area contributed by atoms with Crippen LogP contribution in [0, 0.1) is 5.82 Å². The molecular weight excluding hydrogens is 203 g/mol. The fourth-order valence-corrected chi connectivity index (χ4v) is 1.91. The van der Waals surface area contributed by atoms with Crippen molar-refractivity contribution in [2.75, 3.05) is 7.05 Å². The van der Waals surface area contributed by atoms with Gasteiger partial charge in [-0.2, -0.15) is 0 Å².